The lowest BCUT2D eigenvalue weighted by Crippen LogP contribution is -2.68. The molecule has 0 unspecified atom stereocenters. The van der Waals surface area contributed by atoms with E-state index in [1.54, 1.807) is 30.3 Å². The van der Waals surface area contributed by atoms with Crippen molar-refractivity contribution in [2.24, 2.45) is 0 Å². The maximum atomic E-state index is 13.2. The van der Waals surface area contributed by atoms with Crippen molar-refractivity contribution in [1.29, 1.82) is 0 Å². The molecule has 31 heavy (non-hydrogen) atoms. The topological polar surface area (TPSA) is 90.9 Å². The van der Waals surface area contributed by atoms with Crippen LogP contribution < -0.4 is 9.46 Å². The Balaban J connectivity index is 1.53. The van der Waals surface area contributed by atoms with E-state index in [-0.39, 0.29) is 11.7 Å². The average molecular weight is 442 g/mol. The van der Waals surface area contributed by atoms with Gasteiger partial charge in [-0.1, -0.05) is 48.5 Å². The normalized spacial score (nSPS) is 32.4. The molecule has 1 spiro atoms. The van der Waals surface area contributed by atoms with Crippen molar-refractivity contribution in [3.8, 4) is 5.75 Å². The maximum absolute atomic E-state index is 13.2. The summed E-state index contributed by atoms with van der Waals surface area (Å²) in [5, 5.41) is -0.808. The van der Waals surface area contributed by atoms with Crippen molar-refractivity contribution in [3.63, 3.8) is 0 Å². The first-order valence-electron chi connectivity index (χ1n) is 10.2. The molecular weight excluding hydrogens is 418 g/mol. The number of benzene rings is 2. The summed E-state index contributed by atoms with van der Waals surface area (Å²) in [6.45, 7) is 0. The smallest absolute Gasteiger partial charge is 0.342 e. The summed E-state index contributed by atoms with van der Waals surface area (Å²) < 4.78 is 46.4. The predicted octanol–water partition coefficient (Wildman–Crippen LogP) is 2.23. The monoisotopic (exact) mass is 441 g/mol. The number of rotatable bonds is 5. The van der Waals surface area contributed by atoms with Gasteiger partial charge in [-0.05, 0) is 36.6 Å². The minimum absolute atomic E-state index is 0.279. The van der Waals surface area contributed by atoms with Gasteiger partial charge < -0.3 is 14.2 Å². The summed E-state index contributed by atoms with van der Waals surface area (Å²) in [6.07, 6.45) is 3.20. The third-order valence-corrected chi connectivity index (χ3v) is 8.18. The quantitative estimate of drug-likeness (QED) is 0.565. The number of sulfonamides is 1. The number of nitrogens with one attached hydrogen (secondary N) is 1. The molecule has 0 aliphatic carbocycles. The average Bonchev–Trinajstić information content (AvgIpc) is 3.37. The summed E-state index contributed by atoms with van der Waals surface area (Å²) in [4.78, 5) is 13.2. The number of esters is 1. The van der Waals surface area contributed by atoms with Gasteiger partial charge in [-0.25, -0.2) is 17.9 Å². The number of para-hydroxylation sites is 1. The van der Waals surface area contributed by atoms with Crippen LogP contribution >= 0.6 is 0 Å². The zero-order valence-corrected chi connectivity index (χ0v) is 17.7. The maximum Gasteiger partial charge on any atom is 0.342 e. The van der Waals surface area contributed by atoms with E-state index in [0.29, 0.717) is 18.6 Å². The zero-order valence-electron chi connectivity index (χ0n) is 16.9. The molecular formula is C23H23NO6S. The van der Waals surface area contributed by atoms with Gasteiger partial charge in [0, 0.05) is 0 Å². The third-order valence-electron chi connectivity index (χ3n) is 6.24. The van der Waals surface area contributed by atoms with Crippen LogP contribution in [0, 0.1) is 0 Å². The van der Waals surface area contributed by atoms with Gasteiger partial charge in [-0.3, -0.25) is 0 Å². The Morgan fingerprint density at radius 1 is 1.16 bits per heavy atom. The Morgan fingerprint density at radius 2 is 1.90 bits per heavy atom. The van der Waals surface area contributed by atoms with Gasteiger partial charge in [0.25, 0.3) is 0 Å². The third kappa shape index (κ3) is 3.35. The fraction of sp³-hybridized carbons (Fsp3) is 0.348. The van der Waals surface area contributed by atoms with E-state index in [1.165, 1.54) is 7.11 Å². The highest BCUT2D eigenvalue weighted by atomic mass is 32.2. The minimum atomic E-state index is -3.66. The number of fused-ring (bicyclic) bond motifs is 1. The van der Waals surface area contributed by atoms with Crippen LogP contribution in [0.1, 0.15) is 22.3 Å². The Bertz CT molecular complexity index is 1130. The molecule has 0 saturated carbocycles. The molecule has 2 aromatic carbocycles. The van der Waals surface area contributed by atoms with Gasteiger partial charge in [-0.2, -0.15) is 0 Å². The molecule has 2 bridgehead atoms. The highest BCUT2D eigenvalue weighted by Gasteiger charge is 2.66. The van der Waals surface area contributed by atoms with Crippen molar-refractivity contribution in [1.82, 2.24) is 4.72 Å². The van der Waals surface area contributed by atoms with Crippen LogP contribution in [0.15, 0.2) is 66.7 Å². The Morgan fingerprint density at radius 3 is 2.65 bits per heavy atom. The van der Waals surface area contributed by atoms with Gasteiger partial charge in [0.2, 0.25) is 10.0 Å². The molecule has 2 saturated heterocycles. The number of hydrogen-bond acceptors (Lipinski definition) is 6. The fourth-order valence-corrected chi connectivity index (χ4v) is 6.86. The Labute approximate surface area is 181 Å². The molecule has 0 aromatic heterocycles. The molecule has 5 rings (SSSR count). The van der Waals surface area contributed by atoms with Crippen molar-refractivity contribution in [2.75, 3.05) is 7.11 Å². The van der Waals surface area contributed by atoms with Crippen molar-refractivity contribution >= 4 is 16.0 Å². The Hall–Kier alpha value is -2.68. The number of ether oxygens (including phenoxy) is 3. The highest BCUT2D eigenvalue weighted by molar-refractivity contribution is 7.90. The second-order valence-electron chi connectivity index (χ2n) is 8.08. The molecule has 2 aromatic rings. The molecule has 162 valence electrons. The SMILES string of the molecule is COc1ccccc1C(=O)O[C@H]1[C@H](Cc2ccccc2)NS(=O)(=O)[C@H]2C[C@@H]3C=C[C@]12O3. The lowest BCUT2D eigenvalue weighted by Gasteiger charge is -2.45. The molecule has 2 fully saturated rings. The summed E-state index contributed by atoms with van der Waals surface area (Å²) in [7, 11) is -2.17. The van der Waals surface area contributed by atoms with Crippen molar-refractivity contribution < 1.29 is 27.4 Å². The summed E-state index contributed by atoms with van der Waals surface area (Å²) in [5.74, 6) is -0.188. The van der Waals surface area contributed by atoms with Crippen LogP contribution in [-0.2, 0) is 25.9 Å². The fourth-order valence-electron chi connectivity index (χ4n) is 4.87. The van der Waals surface area contributed by atoms with Gasteiger partial charge in [0.1, 0.15) is 22.2 Å². The molecule has 3 heterocycles. The van der Waals surface area contributed by atoms with Crippen molar-refractivity contribution in [3.05, 3.63) is 77.9 Å². The van der Waals surface area contributed by atoms with E-state index in [0.717, 1.165) is 5.56 Å². The zero-order chi connectivity index (χ0) is 21.6. The summed E-state index contributed by atoms with van der Waals surface area (Å²) in [6, 6.07) is 15.6. The molecule has 3 aliphatic rings. The standard InChI is InChI=1S/C23H23NO6S/c1-28-19-10-6-5-9-17(19)22(25)29-21-18(13-15-7-3-2-4-8-15)24-31(26,27)20-14-16-11-12-23(20,21)30-16/h2-12,16,18,20-21,24H,13-14H2,1H3/t16-,18-,20-,21-,23+/m0/s1. The first kappa shape index (κ1) is 20.2. The number of carbonyl (C=O) groups excluding carboxylic acids is 1. The van der Waals surface area contributed by atoms with Crippen LogP contribution in [0.25, 0.3) is 0 Å². The molecule has 8 heteroatoms. The van der Waals surface area contributed by atoms with Crippen LogP contribution in [0.3, 0.4) is 0 Å². The first-order chi connectivity index (χ1) is 14.9. The second kappa shape index (κ2) is 7.47. The molecule has 0 amide bonds. The first-order valence-corrected chi connectivity index (χ1v) is 11.7. The minimum Gasteiger partial charge on any atom is -0.496 e. The molecule has 5 atom stereocenters. The van der Waals surface area contributed by atoms with Gasteiger partial charge in [0.15, 0.2) is 6.10 Å². The lowest BCUT2D eigenvalue weighted by atomic mass is 9.83. The Kier molecular flexibility index (Phi) is 4.88. The predicted molar refractivity (Wildman–Crippen MR) is 113 cm³/mol. The number of methoxy groups -OCH3 is 1. The summed E-state index contributed by atoms with van der Waals surface area (Å²) >= 11 is 0. The van der Waals surface area contributed by atoms with Gasteiger partial charge >= 0.3 is 5.97 Å². The van der Waals surface area contributed by atoms with Gasteiger partial charge in [0.05, 0.1) is 19.3 Å². The van der Waals surface area contributed by atoms with Crippen molar-refractivity contribution in [2.45, 2.75) is 41.9 Å². The largest absolute Gasteiger partial charge is 0.496 e. The van der Waals surface area contributed by atoms with Crippen LogP contribution in [0.2, 0.25) is 0 Å². The van der Waals surface area contributed by atoms with E-state index in [1.807, 2.05) is 36.4 Å². The number of carbonyl (C=O) groups is 1. The highest BCUT2D eigenvalue weighted by Crippen LogP contribution is 2.49. The second-order valence-corrected chi connectivity index (χ2v) is 9.97. The van der Waals surface area contributed by atoms with Crippen LogP contribution in [0.5, 0.6) is 5.75 Å². The van der Waals surface area contributed by atoms with Crippen LogP contribution in [0.4, 0.5) is 0 Å². The molecule has 3 aliphatic heterocycles. The van der Waals surface area contributed by atoms with E-state index >= 15 is 0 Å². The number of hydrogen-bond donors (Lipinski definition) is 1. The lowest BCUT2D eigenvalue weighted by molar-refractivity contribution is -0.0867. The van der Waals surface area contributed by atoms with E-state index in [2.05, 4.69) is 4.72 Å². The van der Waals surface area contributed by atoms with E-state index < -0.39 is 39.0 Å². The molecule has 0 radical (unpaired) electrons. The van der Waals surface area contributed by atoms with Crippen LogP contribution in [-0.4, -0.2) is 50.6 Å². The van der Waals surface area contributed by atoms with E-state index in [9.17, 15) is 13.2 Å². The summed E-state index contributed by atoms with van der Waals surface area (Å²) in [5.41, 5.74) is 0.00701. The molecule has 1 N–H and O–H groups in total. The van der Waals surface area contributed by atoms with E-state index in [4.69, 9.17) is 14.2 Å². The molecule has 7 nitrogen and oxygen atoms in total. The van der Waals surface area contributed by atoms with Gasteiger partial charge in [-0.15, -0.1) is 0 Å².